The van der Waals surface area contributed by atoms with Crippen LogP contribution in [0, 0.1) is 23.5 Å². The Bertz CT molecular complexity index is 570. The van der Waals surface area contributed by atoms with Crippen LogP contribution in [-0.2, 0) is 0 Å². The van der Waals surface area contributed by atoms with E-state index < -0.39 is 17.7 Å². The van der Waals surface area contributed by atoms with Gasteiger partial charge in [0.25, 0.3) is 0 Å². The summed E-state index contributed by atoms with van der Waals surface area (Å²) in [6.07, 6.45) is 0.687. The predicted octanol–water partition coefficient (Wildman–Crippen LogP) is 3.53. The van der Waals surface area contributed by atoms with Gasteiger partial charge in [-0.25, -0.2) is 13.6 Å². The summed E-state index contributed by atoms with van der Waals surface area (Å²) in [5.74, 6) is -1.16. The molecule has 0 aromatic heterocycles. The molecule has 114 valence electrons. The van der Waals surface area contributed by atoms with E-state index in [-0.39, 0.29) is 16.2 Å². The van der Waals surface area contributed by atoms with Crippen LogP contribution in [0.2, 0.25) is 0 Å². The Morgan fingerprint density at radius 3 is 2.43 bits per heavy atom. The minimum atomic E-state index is -0.893. The highest BCUT2D eigenvalue weighted by molar-refractivity contribution is 9.10. The predicted molar refractivity (Wildman–Crippen MR) is 77.3 cm³/mol. The second-order valence-electron chi connectivity index (χ2n) is 5.74. The van der Waals surface area contributed by atoms with Gasteiger partial charge in [0.1, 0.15) is 0 Å². The number of halogens is 3. The lowest BCUT2D eigenvalue weighted by Crippen LogP contribution is -2.29. The van der Waals surface area contributed by atoms with Crippen molar-refractivity contribution in [2.45, 2.75) is 18.9 Å². The van der Waals surface area contributed by atoms with E-state index in [2.05, 4.69) is 21.2 Å². The Kier molecular flexibility index (Phi) is 3.77. The van der Waals surface area contributed by atoms with Crippen molar-refractivity contribution in [3.05, 3.63) is 28.2 Å². The number of likely N-dealkylation sites (tertiary alicyclic amines) is 1. The molecule has 1 amide bonds. The van der Waals surface area contributed by atoms with Crippen LogP contribution >= 0.6 is 15.9 Å². The molecule has 3 rings (SSSR count). The summed E-state index contributed by atoms with van der Waals surface area (Å²) >= 11 is 2.95. The van der Waals surface area contributed by atoms with Crippen molar-refractivity contribution in [2.75, 3.05) is 18.4 Å². The van der Waals surface area contributed by atoms with E-state index in [0.717, 1.165) is 12.8 Å². The molecular formula is C14H15BrF2N2O2. The maximum Gasteiger partial charge on any atom is 0.407 e. The third-order valence-corrected chi connectivity index (χ3v) is 5.03. The zero-order chi connectivity index (χ0) is 15.1. The molecule has 1 aromatic rings. The summed E-state index contributed by atoms with van der Waals surface area (Å²) in [4.78, 5) is 12.4. The maximum atomic E-state index is 13.8. The van der Waals surface area contributed by atoms with Crippen molar-refractivity contribution in [2.24, 2.45) is 11.8 Å². The van der Waals surface area contributed by atoms with Gasteiger partial charge in [-0.2, -0.15) is 0 Å². The van der Waals surface area contributed by atoms with Crippen molar-refractivity contribution in [3.8, 4) is 0 Å². The number of fused-ring (bicyclic) bond motifs is 1. The fourth-order valence-electron chi connectivity index (χ4n) is 3.43. The van der Waals surface area contributed by atoms with Crippen LogP contribution < -0.4 is 5.32 Å². The molecule has 0 bridgehead atoms. The molecule has 2 N–H and O–H groups in total. The Labute approximate surface area is 129 Å². The lowest BCUT2D eigenvalue weighted by atomic mass is 10.0. The first kappa shape index (κ1) is 14.6. The molecule has 1 saturated heterocycles. The average molecular weight is 361 g/mol. The van der Waals surface area contributed by atoms with Gasteiger partial charge in [0.2, 0.25) is 0 Å². The Morgan fingerprint density at radius 1 is 1.24 bits per heavy atom. The lowest BCUT2D eigenvalue weighted by Gasteiger charge is -2.19. The molecule has 3 atom stereocenters. The van der Waals surface area contributed by atoms with Crippen LogP contribution in [0.1, 0.15) is 12.8 Å². The molecule has 0 radical (unpaired) electrons. The van der Waals surface area contributed by atoms with Crippen molar-refractivity contribution >= 4 is 27.7 Å². The smallest absolute Gasteiger partial charge is 0.407 e. The van der Waals surface area contributed by atoms with E-state index >= 15 is 0 Å². The van der Waals surface area contributed by atoms with Crippen LogP contribution in [0.3, 0.4) is 0 Å². The molecule has 1 unspecified atom stereocenters. The first-order chi connectivity index (χ1) is 9.95. The molecule has 2 aliphatic rings. The Hall–Kier alpha value is -1.37. The van der Waals surface area contributed by atoms with Gasteiger partial charge in [-0.1, -0.05) is 0 Å². The molecule has 0 spiro atoms. The number of anilines is 1. The van der Waals surface area contributed by atoms with E-state index in [1.54, 1.807) is 0 Å². The fraction of sp³-hybridized carbons (Fsp3) is 0.500. The van der Waals surface area contributed by atoms with Gasteiger partial charge in [-0.3, -0.25) is 0 Å². The monoisotopic (exact) mass is 360 g/mol. The van der Waals surface area contributed by atoms with Gasteiger partial charge in [0, 0.05) is 19.1 Å². The summed E-state index contributed by atoms with van der Waals surface area (Å²) in [5, 5.41) is 12.0. The third-order valence-electron chi connectivity index (χ3n) is 4.42. The molecule has 1 saturated carbocycles. The van der Waals surface area contributed by atoms with Crippen LogP contribution in [0.5, 0.6) is 0 Å². The maximum absolute atomic E-state index is 13.8. The number of benzene rings is 1. The molecule has 1 aromatic carbocycles. The molecule has 1 heterocycles. The largest absolute Gasteiger partial charge is 0.465 e. The minimum absolute atomic E-state index is 0.0611. The highest BCUT2D eigenvalue weighted by Gasteiger charge is 2.42. The molecular weight excluding hydrogens is 346 g/mol. The van der Waals surface area contributed by atoms with Gasteiger partial charge >= 0.3 is 6.09 Å². The van der Waals surface area contributed by atoms with Gasteiger partial charge in [0.15, 0.2) is 11.6 Å². The van der Waals surface area contributed by atoms with E-state index in [0.29, 0.717) is 24.9 Å². The van der Waals surface area contributed by atoms with Gasteiger partial charge < -0.3 is 15.3 Å². The van der Waals surface area contributed by atoms with Gasteiger partial charge in [0.05, 0.1) is 10.2 Å². The molecule has 1 aliphatic heterocycles. The number of nitrogens with zero attached hydrogens (tertiary/aromatic N) is 1. The number of carboxylic acid groups (broad SMARTS) is 1. The van der Waals surface area contributed by atoms with Crippen LogP contribution in [0.15, 0.2) is 16.6 Å². The number of carbonyl (C=O) groups is 1. The Morgan fingerprint density at radius 2 is 1.86 bits per heavy atom. The molecule has 1 aliphatic carbocycles. The SMILES string of the molecule is O=C(O)N1C[C@H]2CC(Nc3ccc(Br)c(F)c3F)C[C@H]2C1. The zero-order valence-corrected chi connectivity index (χ0v) is 12.7. The zero-order valence-electron chi connectivity index (χ0n) is 11.2. The normalized spacial score (nSPS) is 27.8. The van der Waals surface area contributed by atoms with Gasteiger partial charge in [-0.05, 0) is 52.7 Å². The van der Waals surface area contributed by atoms with E-state index in [4.69, 9.17) is 5.11 Å². The molecule has 4 nitrogen and oxygen atoms in total. The molecule has 21 heavy (non-hydrogen) atoms. The number of nitrogens with one attached hydrogen (secondary N) is 1. The first-order valence-electron chi connectivity index (χ1n) is 6.83. The molecule has 2 fully saturated rings. The summed E-state index contributed by atoms with van der Waals surface area (Å²) < 4.78 is 27.4. The van der Waals surface area contributed by atoms with Crippen molar-refractivity contribution in [1.82, 2.24) is 4.90 Å². The number of amides is 1. The first-order valence-corrected chi connectivity index (χ1v) is 7.63. The lowest BCUT2D eigenvalue weighted by molar-refractivity contribution is 0.152. The van der Waals surface area contributed by atoms with Crippen molar-refractivity contribution in [3.63, 3.8) is 0 Å². The van der Waals surface area contributed by atoms with Crippen molar-refractivity contribution in [1.29, 1.82) is 0 Å². The quantitative estimate of drug-likeness (QED) is 0.793. The highest BCUT2D eigenvalue weighted by Crippen LogP contribution is 2.39. The molecule has 7 heteroatoms. The van der Waals surface area contributed by atoms with Gasteiger partial charge in [-0.15, -0.1) is 0 Å². The number of hydrogen-bond acceptors (Lipinski definition) is 2. The number of rotatable bonds is 2. The summed E-state index contributed by atoms with van der Waals surface area (Å²) in [7, 11) is 0. The van der Waals surface area contributed by atoms with Crippen molar-refractivity contribution < 1.29 is 18.7 Å². The van der Waals surface area contributed by atoms with Crippen LogP contribution in [0.4, 0.5) is 19.3 Å². The average Bonchev–Trinajstić information content (AvgIpc) is 2.97. The highest BCUT2D eigenvalue weighted by atomic mass is 79.9. The van der Waals surface area contributed by atoms with Crippen LogP contribution in [-0.4, -0.2) is 35.2 Å². The van der Waals surface area contributed by atoms with E-state index in [1.807, 2.05) is 0 Å². The summed E-state index contributed by atoms with van der Waals surface area (Å²) in [6, 6.07) is 3.05. The second-order valence-corrected chi connectivity index (χ2v) is 6.60. The third kappa shape index (κ3) is 2.71. The minimum Gasteiger partial charge on any atom is -0.465 e. The topological polar surface area (TPSA) is 52.6 Å². The van der Waals surface area contributed by atoms with Crippen LogP contribution in [0.25, 0.3) is 0 Å². The number of hydrogen-bond donors (Lipinski definition) is 2. The Balaban J connectivity index is 1.65. The van der Waals surface area contributed by atoms with E-state index in [1.165, 1.54) is 17.0 Å². The summed E-state index contributed by atoms with van der Waals surface area (Å²) in [6.45, 7) is 1.07. The summed E-state index contributed by atoms with van der Waals surface area (Å²) in [5.41, 5.74) is 0.163. The van der Waals surface area contributed by atoms with E-state index in [9.17, 15) is 13.6 Å². The fourth-order valence-corrected chi connectivity index (χ4v) is 3.74. The second kappa shape index (κ2) is 5.44. The standard InChI is InChI=1S/C14H15BrF2N2O2/c15-10-1-2-11(13(17)12(10)16)18-9-3-7-5-19(14(20)21)6-8(7)4-9/h1-2,7-9,18H,3-6H2,(H,20,21)/t7-,8+,9?.